The molecule has 1 unspecified atom stereocenters. The summed E-state index contributed by atoms with van der Waals surface area (Å²) in [5.74, 6) is -1.04. The monoisotopic (exact) mass is 460 g/mol. The third-order valence-electron chi connectivity index (χ3n) is 6.98. The molecule has 176 valence electrons. The third-order valence-corrected chi connectivity index (χ3v) is 6.98. The van der Waals surface area contributed by atoms with Crippen molar-refractivity contribution in [1.29, 1.82) is 0 Å². The van der Waals surface area contributed by atoms with Gasteiger partial charge in [0.25, 0.3) is 5.91 Å². The predicted octanol–water partition coefficient (Wildman–Crippen LogP) is 3.86. The number of hydrogen-bond donors (Lipinski definition) is 3. The molecule has 1 aliphatic carbocycles. The number of carbonyl (C=O) groups is 3. The van der Waals surface area contributed by atoms with E-state index in [1.54, 1.807) is 0 Å². The van der Waals surface area contributed by atoms with Crippen molar-refractivity contribution in [2.75, 3.05) is 6.54 Å². The van der Waals surface area contributed by atoms with Gasteiger partial charge >= 0.3 is 0 Å². The number of phenols is 1. The Kier molecular flexibility index (Phi) is 5.81. The van der Waals surface area contributed by atoms with Crippen molar-refractivity contribution >= 4 is 28.5 Å². The molecule has 34 heavy (non-hydrogen) atoms. The molecule has 0 radical (unpaired) electrons. The zero-order valence-corrected chi connectivity index (χ0v) is 19.1. The van der Waals surface area contributed by atoms with E-state index >= 15 is 0 Å². The first-order chi connectivity index (χ1) is 16.5. The Bertz CT molecular complexity index is 1280. The molecule has 3 N–H and O–H groups in total. The van der Waals surface area contributed by atoms with Crippen LogP contribution in [0.2, 0.25) is 0 Å². The lowest BCUT2D eigenvalue weighted by Crippen LogP contribution is -2.39. The van der Waals surface area contributed by atoms with E-state index < -0.39 is 11.9 Å². The van der Waals surface area contributed by atoms with Gasteiger partial charge in [-0.1, -0.05) is 43.5 Å². The Morgan fingerprint density at radius 3 is 2.68 bits per heavy atom. The van der Waals surface area contributed by atoms with E-state index in [2.05, 4.69) is 15.5 Å². The Morgan fingerprint density at radius 1 is 1.15 bits per heavy atom. The number of phenolic OH excluding ortho intramolecular Hbond substituents is 1. The second-order valence-corrected chi connectivity index (χ2v) is 9.12. The van der Waals surface area contributed by atoms with Crippen LogP contribution in [0.15, 0.2) is 36.4 Å². The molecule has 0 spiro atoms. The molecule has 1 atom stereocenters. The molecule has 2 heterocycles. The molecule has 2 aromatic carbocycles. The van der Waals surface area contributed by atoms with Gasteiger partial charge in [-0.15, -0.1) is 0 Å². The molecule has 0 bridgehead atoms. The number of nitrogens with one attached hydrogen (secondary N) is 2. The largest absolute Gasteiger partial charge is 0.507 e. The molecule has 2 amide bonds. The van der Waals surface area contributed by atoms with Gasteiger partial charge in [0, 0.05) is 30.5 Å². The van der Waals surface area contributed by atoms with Crippen LogP contribution in [0.5, 0.6) is 5.75 Å². The molecule has 1 aromatic heterocycles. The van der Waals surface area contributed by atoms with E-state index in [1.807, 2.05) is 31.2 Å². The van der Waals surface area contributed by atoms with E-state index in [-0.39, 0.29) is 35.5 Å². The maximum absolute atomic E-state index is 13.7. The molecule has 1 fully saturated rings. The quantitative estimate of drug-likeness (QED) is 0.500. The Labute approximate surface area is 197 Å². The number of amides is 2. The van der Waals surface area contributed by atoms with Gasteiger partial charge in [-0.2, -0.15) is 5.10 Å². The van der Waals surface area contributed by atoms with Gasteiger partial charge in [-0.3, -0.25) is 19.5 Å². The molecule has 0 saturated heterocycles. The van der Waals surface area contributed by atoms with Crippen LogP contribution >= 0.6 is 0 Å². The summed E-state index contributed by atoms with van der Waals surface area (Å²) in [7, 11) is 0. The van der Waals surface area contributed by atoms with Gasteiger partial charge < -0.3 is 15.3 Å². The first-order valence-corrected chi connectivity index (χ1v) is 11.9. The maximum atomic E-state index is 13.7. The Balaban J connectivity index is 1.52. The minimum atomic E-state index is -0.786. The number of nitrogens with zero attached hydrogens (tertiary/aromatic N) is 2. The van der Waals surface area contributed by atoms with E-state index in [0.29, 0.717) is 23.1 Å². The van der Waals surface area contributed by atoms with Crippen molar-refractivity contribution in [1.82, 2.24) is 20.4 Å². The number of carbonyl (C=O) groups excluding carboxylic acids is 3. The molecular formula is C26H28N4O4. The highest BCUT2D eigenvalue weighted by Gasteiger charge is 2.39. The second kappa shape index (κ2) is 8.93. The summed E-state index contributed by atoms with van der Waals surface area (Å²) in [6.45, 7) is 2.53. The molecule has 8 nitrogen and oxygen atoms in total. The lowest BCUT2D eigenvalue weighted by atomic mass is 9.84. The standard InChI is InChI=1S/C26H28N4O4/c1-2-27-25(33)23-17-11-7-6-10-16(17)14-30(23)26(34)19-12-18-20(13-21(19)31)28-29-22(18)24(32)15-8-4-3-5-9-15/h6-7,10-13,15,23,31H,2-5,8-9,14H2,1H3,(H,27,33)(H,28,29). The van der Waals surface area contributed by atoms with Crippen molar-refractivity contribution in [3.63, 3.8) is 0 Å². The highest BCUT2D eigenvalue weighted by molar-refractivity contribution is 6.10. The summed E-state index contributed by atoms with van der Waals surface area (Å²) < 4.78 is 0. The van der Waals surface area contributed by atoms with Crippen LogP contribution in [-0.2, 0) is 11.3 Å². The summed E-state index contributed by atoms with van der Waals surface area (Å²) in [6.07, 6.45) is 4.89. The molecule has 1 aliphatic heterocycles. The maximum Gasteiger partial charge on any atom is 0.258 e. The van der Waals surface area contributed by atoms with Crippen LogP contribution in [0.25, 0.3) is 10.9 Å². The number of hydrogen-bond acceptors (Lipinski definition) is 5. The van der Waals surface area contributed by atoms with Crippen LogP contribution in [0.3, 0.4) is 0 Å². The minimum absolute atomic E-state index is 0.0242. The van der Waals surface area contributed by atoms with Gasteiger partial charge in [0.1, 0.15) is 17.5 Å². The number of likely N-dealkylation sites (N-methyl/N-ethyl adjacent to an activating group) is 1. The van der Waals surface area contributed by atoms with Crippen LogP contribution < -0.4 is 5.32 Å². The first-order valence-electron chi connectivity index (χ1n) is 11.9. The summed E-state index contributed by atoms with van der Waals surface area (Å²) in [6, 6.07) is 9.64. The highest BCUT2D eigenvalue weighted by Crippen LogP contribution is 2.37. The summed E-state index contributed by atoms with van der Waals surface area (Å²) in [5.41, 5.74) is 2.52. The van der Waals surface area contributed by atoms with E-state index in [4.69, 9.17) is 0 Å². The van der Waals surface area contributed by atoms with Crippen LogP contribution in [0.4, 0.5) is 0 Å². The summed E-state index contributed by atoms with van der Waals surface area (Å²) in [4.78, 5) is 41.2. The number of ketones is 1. The number of rotatable bonds is 5. The smallest absolute Gasteiger partial charge is 0.258 e. The average molecular weight is 461 g/mol. The second-order valence-electron chi connectivity index (χ2n) is 9.12. The third kappa shape index (κ3) is 3.73. The lowest BCUT2D eigenvalue weighted by Gasteiger charge is -2.25. The molecule has 2 aliphatic rings. The van der Waals surface area contributed by atoms with E-state index in [0.717, 1.165) is 43.2 Å². The van der Waals surface area contributed by atoms with Gasteiger partial charge in [-0.25, -0.2) is 0 Å². The number of Topliss-reactive ketones (excluding diaryl/α,β-unsaturated/α-hetero) is 1. The number of aromatic amines is 1. The summed E-state index contributed by atoms with van der Waals surface area (Å²) >= 11 is 0. The average Bonchev–Trinajstić information content (AvgIpc) is 3.44. The van der Waals surface area contributed by atoms with Gasteiger partial charge in [0.05, 0.1) is 11.1 Å². The van der Waals surface area contributed by atoms with Crippen molar-refractivity contribution in [3.05, 3.63) is 58.8 Å². The van der Waals surface area contributed by atoms with Crippen molar-refractivity contribution in [2.24, 2.45) is 5.92 Å². The fourth-order valence-corrected chi connectivity index (χ4v) is 5.26. The zero-order chi connectivity index (χ0) is 23.8. The fourth-order valence-electron chi connectivity index (χ4n) is 5.26. The van der Waals surface area contributed by atoms with Gasteiger partial charge in [-0.05, 0) is 37.0 Å². The fraction of sp³-hybridized carbons (Fsp3) is 0.385. The van der Waals surface area contributed by atoms with Crippen LogP contribution in [0, 0.1) is 5.92 Å². The van der Waals surface area contributed by atoms with E-state index in [1.165, 1.54) is 17.0 Å². The first kappa shape index (κ1) is 22.1. The zero-order valence-electron chi connectivity index (χ0n) is 19.1. The number of benzene rings is 2. The molecule has 3 aromatic rings. The van der Waals surface area contributed by atoms with Crippen LogP contribution in [0.1, 0.15) is 77.0 Å². The van der Waals surface area contributed by atoms with Crippen molar-refractivity contribution < 1.29 is 19.5 Å². The topological polar surface area (TPSA) is 115 Å². The van der Waals surface area contributed by atoms with Crippen molar-refractivity contribution in [3.8, 4) is 5.75 Å². The number of fused-ring (bicyclic) bond motifs is 2. The minimum Gasteiger partial charge on any atom is -0.507 e. The number of aromatic hydroxyl groups is 1. The number of aromatic nitrogens is 2. The van der Waals surface area contributed by atoms with Crippen molar-refractivity contribution in [2.45, 2.75) is 51.6 Å². The van der Waals surface area contributed by atoms with Gasteiger partial charge in [0.15, 0.2) is 5.78 Å². The predicted molar refractivity (Wildman–Crippen MR) is 126 cm³/mol. The normalized spacial score (nSPS) is 18.1. The highest BCUT2D eigenvalue weighted by atomic mass is 16.3. The summed E-state index contributed by atoms with van der Waals surface area (Å²) in [5, 5.41) is 21.1. The molecular weight excluding hydrogens is 432 g/mol. The Morgan fingerprint density at radius 2 is 1.91 bits per heavy atom. The van der Waals surface area contributed by atoms with Gasteiger partial charge in [0.2, 0.25) is 5.91 Å². The molecule has 8 heteroatoms. The molecule has 5 rings (SSSR count). The Hall–Kier alpha value is -3.68. The SMILES string of the molecule is CCNC(=O)C1c2ccccc2CN1C(=O)c1cc2c(C(=O)C3CCCCC3)n[nH]c2cc1O. The van der Waals surface area contributed by atoms with Crippen LogP contribution in [-0.4, -0.2) is 44.3 Å². The number of H-pyrrole nitrogens is 1. The van der Waals surface area contributed by atoms with E-state index in [9.17, 15) is 19.5 Å². The molecule has 1 saturated carbocycles. The lowest BCUT2D eigenvalue weighted by molar-refractivity contribution is -0.125.